The standard InChI is InChI=1S/C24H8F12/c25-21(26,27)13-5-3-11-17-9(13)1-7-15(23(31,32)33)19(17)12-4-6-14(22(28,29)30)10-2-8-16(24(34,35)36)20(11)18(10)12/h1-8H. The summed E-state index contributed by atoms with van der Waals surface area (Å²) in [7, 11) is 0. The van der Waals surface area contributed by atoms with E-state index in [1.807, 2.05) is 0 Å². The third-order valence-electron chi connectivity index (χ3n) is 6.12. The highest BCUT2D eigenvalue weighted by Crippen LogP contribution is 2.52. The molecular formula is C24H8F12. The second-order valence-corrected chi connectivity index (χ2v) is 8.13. The molecule has 0 aliphatic rings. The quantitative estimate of drug-likeness (QED) is 0.107. The van der Waals surface area contributed by atoms with E-state index in [0.29, 0.717) is 48.5 Å². The van der Waals surface area contributed by atoms with Crippen molar-refractivity contribution in [3.63, 3.8) is 0 Å². The molecule has 0 heterocycles. The van der Waals surface area contributed by atoms with Gasteiger partial charge in [0.05, 0.1) is 22.3 Å². The largest absolute Gasteiger partial charge is 0.417 e. The van der Waals surface area contributed by atoms with Crippen molar-refractivity contribution in [2.24, 2.45) is 0 Å². The van der Waals surface area contributed by atoms with E-state index in [4.69, 9.17) is 0 Å². The minimum absolute atomic E-state index is 0.346. The zero-order chi connectivity index (χ0) is 26.6. The maximum atomic E-state index is 14.0. The van der Waals surface area contributed by atoms with Gasteiger partial charge in [-0.2, -0.15) is 52.7 Å². The van der Waals surface area contributed by atoms with Gasteiger partial charge in [0.2, 0.25) is 0 Å². The number of alkyl halides is 12. The van der Waals surface area contributed by atoms with Gasteiger partial charge in [-0.3, -0.25) is 0 Å². The summed E-state index contributed by atoms with van der Waals surface area (Å²) < 4.78 is 166. The van der Waals surface area contributed by atoms with Crippen LogP contribution < -0.4 is 0 Å². The second kappa shape index (κ2) is 7.07. The topological polar surface area (TPSA) is 0 Å². The Bertz CT molecular complexity index is 1540. The predicted molar refractivity (Wildman–Crippen MR) is 108 cm³/mol. The molecule has 12 heteroatoms. The van der Waals surface area contributed by atoms with Crippen molar-refractivity contribution < 1.29 is 52.7 Å². The highest BCUT2D eigenvalue weighted by Gasteiger charge is 2.41. The van der Waals surface area contributed by atoms with Gasteiger partial charge in [-0.05, 0) is 56.6 Å². The van der Waals surface area contributed by atoms with Gasteiger partial charge in [-0.15, -0.1) is 0 Å². The Kier molecular flexibility index (Phi) is 4.77. The molecule has 0 aliphatic carbocycles. The van der Waals surface area contributed by atoms with Crippen LogP contribution in [0.25, 0.3) is 43.1 Å². The predicted octanol–water partition coefficient (Wildman–Crippen LogP) is 9.81. The molecule has 0 N–H and O–H groups in total. The van der Waals surface area contributed by atoms with Crippen molar-refractivity contribution in [3.8, 4) is 0 Å². The molecule has 36 heavy (non-hydrogen) atoms. The van der Waals surface area contributed by atoms with Crippen LogP contribution in [0.5, 0.6) is 0 Å². The van der Waals surface area contributed by atoms with Crippen LogP contribution in [-0.2, 0) is 24.7 Å². The minimum Gasteiger partial charge on any atom is -0.166 e. The third kappa shape index (κ3) is 3.40. The maximum absolute atomic E-state index is 14.0. The zero-order valence-electron chi connectivity index (χ0n) is 17.2. The molecule has 0 spiro atoms. The number of hydrogen-bond acceptors (Lipinski definition) is 0. The molecule has 0 radical (unpaired) electrons. The SMILES string of the molecule is FC(F)(F)c1ccc2c3c(C(F)(F)F)ccc4c(C(F)(F)F)ccc(c5c(C(F)(F)F)ccc1c25)c43. The Labute approximate surface area is 192 Å². The van der Waals surface area contributed by atoms with Crippen LogP contribution in [0.1, 0.15) is 22.3 Å². The summed E-state index contributed by atoms with van der Waals surface area (Å²) in [4.78, 5) is 0. The second-order valence-electron chi connectivity index (χ2n) is 8.13. The van der Waals surface area contributed by atoms with Crippen LogP contribution >= 0.6 is 0 Å². The number of benzene rings is 5. The lowest BCUT2D eigenvalue weighted by molar-refractivity contribution is -0.137. The molecule has 5 aromatic rings. The van der Waals surface area contributed by atoms with Gasteiger partial charge in [0, 0.05) is 10.8 Å². The van der Waals surface area contributed by atoms with Crippen molar-refractivity contribution in [1.82, 2.24) is 0 Å². The van der Waals surface area contributed by atoms with E-state index >= 15 is 0 Å². The molecule has 0 fully saturated rings. The Morgan fingerprint density at radius 1 is 0.278 bits per heavy atom. The summed E-state index contributed by atoms with van der Waals surface area (Å²) in [6, 6.07) is 3.67. The van der Waals surface area contributed by atoms with E-state index in [1.165, 1.54) is 0 Å². The van der Waals surface area contributed by atoms with E-state index in [0.717, 1.165) is 0 Å². The van der Waals surface area contributed by atoms with Crippen LogP contribution in [0.4, 0.5) is 52.7 Å². The highest BCUT2D eigenvalue weighted by molar-refractivity contribution is 6.35. The monoisotopic (exact) mass is 524 g/mol. The molecule has 0 saturated heterocycles. The van der Waals surface area contributed by atoms with Crippen LogP contribution in [0.3, 0.4) is 0 Å². The first-order valence-corrected chi connectivity index (χ1v) is 9.91. The van der Waals surface area contributed by atoms with E-state index in [-0.39, 0.29) is 0 Å². The molecule has 5 aromatic carbocycles. The Morgan fingerprint density at radius 3 is 0.806 bits per heavy atom. The summed E-state index contributed by atoms with van der Waals surface area (Å²) in [5.41, 5.74) is -5.76. The van der Waals surface area contributed by atoms with Crippen molar-refractivity contribution >= 4 is 43.1 Å². The first-order chi connectivity index (χ1) is 16.4. The lowest BCUT2D eigenvalue weighted by Crippen LogP contribution is -2.12. The summed E-state index contributed by atoms with van der Waals surface area (Å²) in [5.74, 6) is 0. The number of halogens is 12. The van der Waals surface area contributed by atoms with Gasteiger partial charge in [0.15, 0.2) is 0 Å². The molecule has 0 amide bonds. The Hall–Kier alpha value is -3.44. The smallest absolute Gasteiger partial charge is 0.166 e. The van der Waals surface area contributed by atoms with Crippen LogP contribution in [0.15, 0.2) is 48.5 Å². The van der Waals surface area contributed by atoms with Gasteiger partial charge in [0.1, 0.15) is 0 Å². The molecule has 0 nitrogen and oxygen atoms in total. The first-order valence-electron chi connectivity index (χ1n) is 9.91. The first kappa shape index (κ1) is 24.3. The molecule has 0 saturated carbocycles. The fraction of sp³-hybridized carbons (Fsp3) is 0.167. The maximum Gasteiger partial charge on any atom is 0.417 e. The fourth-order valence-electron chi connectivity index (χ4n) is 4.84. The van der Waals surface area contributed by atoms with Gasteiger partial charge < -0.3 is 0 Å². The third-order valence-corrected chi connectivity index (χ3v) is 6.12. The summed E-state index contributed by atoms with van der Waals surface area (Å²) in [6.07, 6.45) is -20.5. The molecule has 0 aromatic heterocycles. The zero-order valence-corrected chi connectivity index (χ0v) is 17.2. The van der Waals surface area contributed by atoms with E-state index in [2.05, 4.69) is 0 Å². The number of fused-ring (bicyclic) bond motifs is 2. The van der Waals surface area contributed by atoms with Gasteiger partial charge in [0.25, 0.3) is 0 Å². The van der Waals surface area contributed by atoms with E-state index < -0.39 is 90.0 Å². The molecule has 0 aliphatic heterocycles. The average Bonchev–Trinajstić information content (AvgIpc) is 2.73. The van der Waals surface area contributed by atoms with Gasteiger partial charge in [-0.1, -0.05) is 24.3 Å². The normalized spacial score (nSPS) is 14.1. The van der Waals surface area contributed by atoms with Gasteiger partial charge >= 0.3 is 24.7 Å². The Morgan fingerprint density at radius 2 is 0.528 bits per heavy atom. The fourth-order valence-corrected chi connectivity index (χ4v) is 4.84. The average molecular weight is 524 g/mol. The molecule has 5 rings (SSSR count). The molecular weight excluding hydrogens is 516 g/mol. The van der Waals surface area contributed by atoms with E-state index in [1.54, 1.807) is 0 Å². The van der Waals surface area contributed by atoms with Crippen molar-refractivity contribution in [2.75, 3.05) is 0 Å². The van der Waals surface area contributed by atoms with Crippen molar-refractivity contribution in [1.29, 1.82) is 0 Å². The van der Waals surface area contributed by atoms with Crippen LogP contribution in [-0.4, -0.2) is 0 Å². The lowest BCUT2D eigenvalue weighted by atomic mass is 9.83. The molecule has 0 atom stereocenters. The molecule has 188 valence electrons. The Balaban J connectivity index is 2.21. The number of rotatable bonds is 0. The van der Waals surface area contributed by atoms with Crippen molar-refractivity contribution in [3.05, 3.63) is 70.8 Å². The summed E-state index contributed by atoms with van der Waals surface area (Å²) in [6.45, 7) is 0. The van der Waals surface area contributed by atoms with Crippen LogP contribution in [0, 0.1) is 0 Å². The van der Waals surface area contributed by atoms with Gasteiger partial charge in [-0.25, -0.2) is 0 Å². The van der Waals surface area contributed by atoms with Crippen molar-refractivity contribution in [2.45, 2.75) is 24.7 Å². The lowest BCUT2D eigenvalue weighted by Gasteiger charge is -2.23. The van der Waals surface area contributed by atoms with Crippen LogP contribution in [0.2, 0.25) is 0 Å². The summed E-state index contributed by atoms with van der Waals surface area (Å²) in [5, 5.41) is -6.34. The summed E-state index contributed by atoms with van der Waals surface area (Å²) >= 11 is 0. The van der Waals surface area contributed by atoms with E-state index in [9.17, 15) is 52.7 Å². The highest BCUT2D eigenvalue weighted by atomic mass is 19.4. The number of hydrogen-bond donors (Lipinski definition) is 0. The molecule has 0 bridgehead atoms. The molecule has 0 unspecified atom stereocenters. The minimum atomic E-state index is -5.18.